The highest BCUT2D eigenvalue weighted by Gasteiger charge is 2.28. The monoisotopic (exact) mass is 355 g/mol. The first-order valence-corrected chi connectivity index (χ1v) is 8.34. The molecule has 0 radical (unpaired) electrons. The lowest BCUT2D eigenvalue weighted by molar-refractivity contribution is -0.385. The van der Waals surface area contributed by atoms with Gasteiger partial charge in [-0.2, -0.15) is 0 Å². The van der Waals surface area contributed by atoms with Crippen molar-refractivity contribution in [3.05, 3.63) is 57.1 Å². The first-order valence-electron chi connectivity index (χ1n) is 8.34. The quantitative estimate of drug-likeness (QED) is 0.645. The molecule has 2 N–H and O–H groups in total. The molecule has 134 valence electrons. The second-order valence-corrected chi connectivity index (χ2v) is 6.14. The summed E-state index contributed by atoms with van der Waals surface area (Å²) in [5, 5.41) is 17.4. The first-order chi connectivity index (χ1) is 12.6. The van der Waals surface area contributed by atoms with Gasteiger partial charge in [-0.25, -0.2) is 0 Å². The zero-order chi connectivity index (χ0) is 18.1. The van der Waals surface area contributed by atoms with Gasteiger partial charge >= 0.3 is 5.69 Å². The Labute approximate surface area is 149 Å². The van der Waals surface area contributed by atoms with Crippen LogP contribution in [0, 0.1) is 10.1 Å². The Morgan fingerprint density at radius 1 is 1.31 bits per heavy atom. The highest BCUT2D eigenvalue weighted by Crippen LogP contribution is 2.41. The molecule has 0 unspecified atom stereocenters. The number of anilines is 1. The van der Waals surface area contributed by atoms with E-state index < -0.39 is 10.8 Å². The maximum absolute atomic E-state index is 12.5. The zero-order valence-electron chi connectivity index (χ0n) is 13.9. The van der Waals surface area contributed by atoms with Gasteiger partial charge in [-0.1, -0.05) is 12.1 Å². The van der Waals surface area contributed by atoms with E-state index in [1.807, 2.05) is 18.2 Å². The van der Waals surface area contributed by atoms with Crippen molar-refractivity contribution in [3.8, 4) is 11.5 Å². The van der Waals surface area contributed by atoms with Crippen LogP contribution in [0.15, 0.2) is 30.3 Å². The number of rotatable bonds is 4. The van der Waals surface area contributed by atoms with Crippen LogP contribution >= 0.6 is 0 Å². The Balaban J connectivity index is 1.55. The summed E-state index contributed by atoms with van der Waals surface area (Å²) >= 11 is 0. The summed E-state index contributed by atoms with van der Waals surface area (Å²) in [6, 6.07) is 8.64. The number of carbonyl (C=O) groups is 1. The highest BCUT2D eigenvalue weighted by molar-refractivity contribution is 5.96. The third-order valence-corrected chi connectivity index (χ3v) is 4.54. The predicted molar refractivity (Wildman–Crippen MR) is 93.6 cm³/mol. The van der Waals surface area contributed by atoms with Crippen LogP contribution in [-0.2, 0) is 13.0 Å². The van der Waals surface area contributed by atoms with Gasteiger partial charge in [-0.15, -0.1) is 0 Å². The minimum absolute atomic E-state index is 0.0646. The number of carbonyl (C=O) groups excluding carboxylic acids is 1. The maximum atomic E-state index is 12.5. The molecule has 8 nitrogen and oxygen atoms in total. The van der Waals surface area contributed by atoms with Gasteiger partial charge in [0.2, 0.25) is 12.5 Å². The number of benzene rings is 2. The number of nitrogens with one attached hydrogen (secondary N) is 2. The zero-order valence-corrected chi connectivity index (χ0v) is 13.9. The van der Waals surface area contributed by atoms with Crippen LogP contribution < -0.4 is 20.1 Å². The number of fused-ring (bicyclic) bond motifs is 2. The minimum atomic E-state index is -0.580. The third kappa shape index (κ3) is 2.90. The summed E-state index contributed by atoms with van der Waals surface area (Å²) in [5.41, 5.74) is 3.24. The van der Waals surface area contributed by atoms with Crippen LogP contribution in [0.2, 0.25) is 0 Å². The molecular formula is C18H17N3O5. The fourth-order valence-corrected chi connectivity index (χ4v) is 3.29. The van der Waals surface area contributed by atoms with Crippen molar-refractivity contribution >= 4 is 17.3 Å². The van der Waals surface area contributed by atoms with E-state index in [9.17, 15) is 14.9 Å². The Bertz CT molecular complexity index is 897. The molecule has 0 aliphatic carbocycles. The van der Waals surface area contributed by atoms with Crippen molar-refractivity contribution < 1.29 is 19.2 Å². The average molecular weight is 355 g/mol. The van der Waals surface area contributed by atoms with Crippen LogP contribution in [0.1, 0.15) is 27.9 Å². The van der Waals surface area contributed by atoms with Crippen LogP contribution in [0.4, 0.5) is 11.4 Å². The van der Waals surface area contributed by atoms with Gasteiger partial charge in [0.05, 0.1) is 10.5 Å². The molecular weight excluding hydrogens is 338 g/mol. The number of hydrogen-bond acceptors (Lipinski definition) is 6. The van der Waals surface area contributed by atoms with Crippen molar-refractivity contribution in [3.63, 3.8) is 0 Å². The first kappa shape index (κ1) is 16.2. The van der Waals surface area contributed by atoms with E-state index in [0.29, 0.717) is 6.54 Å². The van der Waals surface area contributed by atoms with Crippen LogP contribution in [0.5, 0.6) is 11.5 Å². The molecule has 2 aromatic carbocycles. The van der Waals surface area contributed by atoms with Crippen LogP contribution in [0.25, 0.3) is 0 Å². The molecule has 2 aliphatic heterocycles. The predicted octanol–water partition coefficient (Wildman–Crippen LogP) is 2.61. The molecule has 2 aliphatic rings. The normalized spacial score (nSPS) is 14.3. The highest BCUT2D eigenvalue weighted by atomic mass is 16.7. The Morgan fingerprint density at radius 3 is 3.04 bits per heavy atom. The smallest absolute Gasteiger partial charge is 0.315 e. The number of ether oxygens (including phenoxy) is 2. The second kappa shape index (κ2) is 6.55. The molecule has 2 heterocycles. The fraction of sp³-hybridized carbons (Fsp3) is 0.278. The van der Waals surface area contributed by atoms with Gasteiger partial charge in [0.25, 0.3) is 5.91 Å². The Morgan fingerprint density at radius 2 is 2.19 bits per heavy atom. The van der Waals surface area contributed by atoms with E-state index >= 15 is 0 Å². The number of nitrogens with zero attached hydrogens (tertiary/aromatic N) is 1. The molecule has 0 bridgehead atoms. The third-order valence-electron chi connectivity index (χ3n) is 4.54. The van der Waals surface area contributed by atoms with Crippen LogP contribution in [-0.4, -0.2) is 24.2 Å². The maximum Gasteiger partial charge on any atom is 0.315 e. The van der Waals surface area contributed by atoms with Gasteiger partial charge in [0, 0.05) is 24.8 Å². The van der Waals surface area contributed by atoms with Crippen LogP contribution in [0.3, 0.4) is 0 Å². The Kier molecular flexibility index (Phi) is 4.08. The lowest BCUT2D eigenvalue weighted by atomic mass is 9.97. The number of hydrogen-bond donors (Lipinski definition) is 2. The molecule has 0 spiro atoms. The molecule has 26 heavy (non-hydrogen) atoms. The lowest BCUT2D eigenvalue weighted by Gasteiger charge is -2.21. The molecule has 2 aromatic rings. The second-order valence-electron chi connectivity index (χ2n) is 6.14. The van der Waals surface area contributed by atoms with E-state index in [4.69, 9.17) is 9.47 Å². The molecule has 0 atom stereocenters. The van der Waals surface area contributed by atoms with Gasteiger partial charge in [-0.05, 0) is 36.1 Å². The van der Waals surface area contributed by atoms with E-state index in [-0.39, 0.29) is 29.5 Å². The van der Waals surface area contributed by atoms with E-state index in [1.54, 1.807) is 0 Å². The standard InChI is InChI=1S/C18H17N3O5/c22-18(12-7-15(21(23)24)17-16(8-12)25-10-26-17)20-9-11-3-1-5-14-13(11)4-2-6-19-14/h1,3,5,7-8,19H,2,4,6,9-10H2,(H,20,22). The summed E-state index contributed by atoms with van der Waals surface area (Å²) in [6.45, 7) is 1.21. The SMILES string of the molecule is O=C(NCc1cccc2c1CCCN2)c1cc2c(c([N+](=O)[O-])c1)OCO2. The minimum Gasteiger partial charge on any atom is -0.453 e. The van der Waals surface area contributed by atoms with E-state index in [2.05, 4.69) is 10.6 Å². The summed E-state index contributed by atoms with van der Waals surface area (Å²) < 4.78 is 10.3. The summed E-state index contributed by atoms with van der Waals surface area (Å²) in [6.07, 6.45) is 2.01. The molecule has 0 saturated carbocycles. The van der Waals surface area contributed by atoms with Crippen molar-refractivity contribution in [1.82, 2.24) is 5.32 Å². The van der Waals surface area contributed by atoms with Gasteiger partial charge in [0.1, 0.15) is 0 Å². The van der Waals surface area contributed by atoms with Gasteiger partial charge < -0.3 is 20.1 Å². The topological polar surface area (TPSA) is 103 Å². The van der Waals surface area contributed by atoms with Crippen molar-refractivity contribution in [1.29, 1.82) is 0 Å². The van der Waals surface area contributed by atoms with Gasteiger partial charge in [0.15, 0.2) is 5.75 Å². The number of nitro benzene ring substituents is 1. The molecule has 0 fully saturated rings. The van der Waals surface area contributed by atoms with E-state index in [0.717, 1.165) is 30.6 Å². The summed E-state index contributed by atoms with van der Waals surface area (Å²) in [5.74, 6) is -0.117. The molecule has 0 aromatic heterocycles. The molecule has 0 saturated heterocycles. The van der Waals surface area contributed by atoms with Crippen molar-refractivity contribution in [2.45, 2.75) is 19.4 Å². The van der Waals surface area contributed by atoms with Crippen molar-refractivity contribution in [2.75, 3.05) is 18.7 Å². The summed E-state index contributed by atoms with van der Waals surface area (Å²) in [7, 11) is 0. The van der Waals surface area contributed by atoms with Crippen molar-refractivity contribution in [2.24, 2.45) is 0 Å². The van der Waals surface area contributed by atoms with Gasteiger partial charge in [-0.3, -0.25) is 14.9 Å². The Hall–Kier alpha value is -3.29. The fourth-order valence-electron chi connectivity index (χ4n) is 3.29. The summed E-state index contributed by atoms with van der Waals surface area (Å²) in [4.78, 5) is 23.1. The average Bonchev–Trinajstić information content (AvgIpc) is 3.13. The number of amides is 1. The van der Waals surface area contributed by atoms with E-state index in [1.165, 1.54) is 17.7 Å². The number of nitro groups is 1. The lowest BCUT2D eigenvalue weighted by Crippen LogP contribution is -2.24. The molecule has 1 amide bonds. The molecule has 8 heteroatoms. The molecule has 4 rings (SSSR count). The largest absolute Gasteiger partial charge is 0.453 e.